The number of nitrogens with zero attached hydrogens (tertiary/aromatic N) is 3. The zero-order valence-electron chi connectivity index (χ0n) is 15.5. The number of aromatic nitrogens is 2. The summed E-state index contributed by atoms with van der Waals surface area (Å²) >= 11 is 0. The summed E-state index contributed by atoms with van der Waals surface area (Å²) in [7, 11) is 0. The van der Waals surface area contributed by atoms with Crippen molar-refractivity contribution in [2.75, 3.05) is 13.1 Å². The standard InChI is InChI=1S/C21H27N3O2/c1-13-5-8-17(19(25)10-13)20-14(2)11-18(22-23-20)21(26)15-4-3-9-24(12-15)16-6-7-16/h5,8,10-11,15-16,21,25-26H,3-4,6-7,9,12H2,1-2H3/t15?,21-/m1/s1. The third-order valence-electron chi connectivity index (χ3n) is 5.71. The number of phenolic OH excluding ortho intramolecular Hbond substituents is 1. The largest absolute Gasteiger partial charge is 0.507 e. The molecule has 5 nitrogen and oxygen atoms in total. The summed E-state index contributed by atoms with van der Waals surface area (Å²) in [6, 6.07) is 8.21. The van der Waals surface area contributed by atoms with E-state index in [1.807, 2.05) is 32.0 Å². The second-order valence-corrected chi connectivity index (χ2v) is 7.89. The van der Waals surface area contributed by atoms with Crippen LogP contribution in [0.2, 0.25) is 0 Å². The Bertz CT molecular complexity index is 804. The van der Waals surface area contributed by atoms with Crippen LogP contribution in [-0.2, 0) is 0 Å². The lowest BCUT2D eigenvalue weighted by Crippen LogP contribution is -2.39. The number of hydrogen-bond donors (Lipinski definition) is 2. The summed E-state index contributed by atoms with van der Waals surface area (Å²) in [5, 5.41) is 29.7. The van der Waals surface area contributed by atoms with Gasteiger partial charge >= 0.3 is 0 Å². The number of aryl methyl sites for hydroxylation is 2. The molecule has 1 aliphatic heterocycles. The van der Waals surface area contributed by atoms with Gasteiger partial charge in [0.2, 0.25) is 0 Å². The minimum Gasteiger partial charge on any atom is -0.507 e. The van der Waals surface area contributed by atoms with E-state index in [9.17, 15) is 10.2 Å². The van der Waals surface area contributed by atoms with Crippen molar-refractivity contribution in [1.82, 2.24) is 15.1 Å². The number of rotatable bonds is 4. The van der Waals surface area contributed by atoms with E-state index >= 15 is 0 Å². The maximum absolute atomic E-state index is 10.9. The van der Waals surface area contributed by atoms with Gasteiger partial charge in [-0.15, -0.1) is 5.10 Å². The average molecular weight is 353 g/mol. The maximum Gasteiger partial charge on any atom is 0.125 e. The Labute approximate surface area is 154 Å². The van der Waals surface area contributed by atoms with Crippen LogP contribution in [0.5, 0.6) is 5.75 Å². The second-order valence-electron chi connectivity index (χ2n) is 7.89. The van der Waals surface area contributed by atoms with Crippen molar-refractivity contribution in [2.45, 2.75) is 51.7 Å². The van der Waals surface area contributed by atoms with Crippen LogP contribution in [-0.4, -0.2) is 44.4 Å². The van der Waals surface area contributed by atoms with Gasteiger partial charge in [0.25, 0.3) is 0 Å². The highest BCUT2D eigenvalue weighted by molar-refractivity contribution is 5.69. The van der Waals surface area contributed by atoms with Gasteiger partial charge < -0.3 is 10.2 Å². The Morgan fingerprint density at radius 1 is 1.12 bits per heavy atom. The van der Waals surface area contributed by atoms with Gasteiger partial charge in [0.15, 0.2) is 0 Å². The lowest BCUT2D eigenvalue weighted by atomic mass is 9.90. The van der Waals surface area contributed by atoms with Gasteiger partial charge in [-0.1, -0.05) is 6.07 Å². The number of phenols is 1. The molecule has 4 rings (SSSR count). The Kier molecular flexibility index (Phi) is 4.67. The molecule has 1 saturated carbocycles. The summed E-state index contributed by atoms with van der Waals surface area (Å²) in [4.78, 5) is 2.52. The highest BCUT2D eigenvalue weighted by Crippen LogP contribution is 2.36. The predicted molar refractivity (Wildman–Crippen MR) is 101 cm³/mol. The molecule has 1 aromatic carbocycles. The van der Waals surface area contributed by atoms with E-state index in [0.717, 1.165) is 43.1 Å². The maximum atomic E-state index is 10.9. The topological polar surface area (TPSA) is 69.5 Å². The number of piperidine rings is 1. The van der Waals surface area contributed by atoms with E-state index in [0.29, 0.717) is 17.0 Å². The van der Waals surface area contributed by atoms with Gasteiger partial charge in [-0.2, -0.15) is 5.10 Å². The number of hydrogen-bond acceptors (Lipinski definition) is 5. The first-order chi connectivity index (χ1) is 12.5. The van der Waals surface area contributed by atoms with Crippen molar-refractivity contribution in [3.05, 3.63) is 41.1 Å². The van der Waals surface area contributed by atoms with Crippen molar-refractivity contribution < 1.29 is 10.2 Å². The predicted octanol–water partition coefficient (Wildman–Crippen LogP) is 3.37. The second kappa shape index (κ2) is 6.97. The molecule has 2 aromatic rings. The van der Waals surface area contributed by atoms with Crippen molar-refractivity contribution in [1.29, 1.82) is 0 Å². The average Bonchev–Trinajstić information content (AvgIpc) is 3.47. The molecule has 1 aromatic heterocycles. The first-order valence-corrected chi connectivity index (χ1v) is 9.59. The minimum absolute atomic E-state index is 0.211. The van der Waals surface area contributed by atoms with Gasteiger partial charge in [0, 0.05) is 24.1 Å². The van der Waals surface area contributed by atoms with Crippen molar-refractivity contribution in [3.63, 3.8) is 0 Å². The Morgan fingerprint density at radius 2 is 1.92 bits per heavy atom. The Hall–Kier alpha value is -1.98. The highest BCUT2D eigenvalue weighted by atomic mass is 16.3. The SMILES string of the molecule is Cc1ccc(-c2nnc([C@H](O)C3CCCN(C4CC4)C3)cc2C)c(O)c1. The van der Waals surface area contributed by atoms with E-state index in [2.05, 4.69) is 15.1 Å². The molecule has 2 fully saturated rings. The summed E-state index contributed by atoms with van der Waals surface area (Å²) in [5.74, 6) is 0.430. The molecule has 5 heteroatoms. The minimum atomic E-state index is -0.580. The number of aliphatic hydroxyl groups is 1. The fraction of sp³-hybridized carbons (Fsp3) is 0.524. The van der Waals surface area contributed by atoms with E-state index in [4.69, 9.17) is 0 Å². The van der Waals surface area contributed by atoms with Crippen LogP contribution in [0.15, 0.2) is 24.3 Å². The fourth-order valence-corrected chi connectivity index (χ4v) is 4.07. The molecule has 1 aliphatic carbocycles. The van der Waals surface area contributed by atoms with Crippen molar-refractivity contribution in [2.24, 2.45) is 5.92 Å². The molecular formula is C21H27N3O2. The number of aromatic hydroxyl groups is 1. The normalized spacial score (nSPS) is 22.3. The van der Waals surface area contributed by atoms with Crippen molar-refractivity contribution >= 4 is 0 Å². The summed E-state index contributed by atoms with van der Waals surface area (Å²) in [6.45, 7) is 6.00. The zero-order chi connectivity index (χ0) is 18.3. The molecule has 2 heterocycles. The fourth-order valence-electron chi connectivity index (χ4n) is 4.07. The van der Waals surface area contributed by atoms with Crippen LogP contribution in [0.1, 0.15) is 48.6 Å². The van der Waals surface area contributed by atoms with Gasteiger partial charge in [-0.3, -0.25) is 4.90 Å². The molecule has 138 valence electrons. The summed E-state index contributed by atoms with van der Waals surface area (Å²) in [5.41, 5.74) is 3.91. The first-order valence-electron chi connectivity index (χ1n) is 9.59. The van der Waals surface area contributed by atoms with E-state index in [1.54, 1.807) is 6.07 Å². The van der Waals surface area contributed by atoms with Crippen LogP contribution in [0, 0.1) is 19.8 Å². The van der Waals surface area contributed by atoms with Crippen LogP contribution in [0.25, 0.3) is 11.3 Å². The zero-order valence-corrected chi connectivity index (χ0v) is 15.5. The molecule has 26 heavy (non-hydrogen) atoms. The Morgan fingerprint density at radius 3 is 2.62 bits per heavy atom. The van der Waals surface area contributed by atoms with E-state index in [1.165, 1.54) is 12.8 Å². The molecule has 2 atom stereocenters. The molecule has 0 radical (unpaired) electrons. The van der Waals surface area contributed by atoms with E-state index < -0.39 is 6.10 Å². The summed E-state index contributed by atoms with van der Waals surface area (Å²) < 4.78 is 0. The summed E-state index contributed by atoms with van der Waals surface area (Å²) in [6.07, 6.45) is 4.20. The lowest BCUT2D eigenvalue weighted by Gasteiger charge is -2.35. The quantitative estimate of drug-likeness (QED) is 0.882. The number of aliphatic hydroxyl groups excluding tert-OH is 1. The van der Waals surface area contributed by atoms with Gasteiger partial charge in [-0.25, -0.2) is 0 Å². The first kappa shape index (κ1) is 17.4. The molecule has 0 amide bonds. The third-order valence-corrected chi connectivity index (χ3v) is 5.71. The lowest BCUT2D eigenvalue weighted by molar-refractivity contribution is 0.0443. The van der Waals surface area contributed by atoms with Crippen molar-refractivity contribution in [3.8, 4) is 17.0 Å². The third kappa shape index (κ3) is 3.46. The highest BCUT2D eigenvalue weighted by Gasteiger charge is 2.35. The van der Waals surface area contributed by atoms with Crippen LogP contribution in [0.3, 0.4) is 0 Å². The molecule has 1 saturated heterocycles. The van der Waals surface area contributed by atoms with Crippen LogP contribution >= 0.6 is 0 Å². The molecule has 0 spiro atoms. The van der Waals surface area contributed by atoms with Gasteiger partial charge in [0.05, 0.1) is 11.4 Å². The molecule has 0 bridgehead atoms. The molecule has 2 N–H and O–H groups in total. The Balaban J connectivity index is 1.55. The molecule has 1 unspecified atom stereocenters. The smallest absolute Gasteiger partial charge is 0.125 e. The number of benzene rings is 1. The van der Waals surface area contributed by atoms with E-state index in [-0.39, 0.29) is 11.7 Å². The van der Waals surface area contributed by atoms with Gasteiger partial charge in [0.1, 0.15) is 11.9 Å². The van der Waals surface area contributed by atoms with Crippen LogP contribution in [0.4, 0.5) is 0 Å². The monoisotopic (exact) mass is 353 g/mol. The van der Waals surface area contributed by atoms with Crippen LogP contribution < -0.4 is 0 Å². The molecule has 2 aliphatic rings. The number of likely N-dealkylation sites (tertiary alicyclic amines) is 1. The van der Waals surface area contributed by atoms with Gasteiger partial charge in [-0.05, 0) is 75.4 Å². The molecular weight excluding hydrogens is 326 g/mol.